The molecule has 0 saturated carbocycles. The Kier molecular flexibility index (Phi) is 2.41. The summed E-state index contributed by atoms with van der Waals surface area (Å²) in [4.78, 5) is 0. The van der Waals surface area contributed by atoms with Crippen molar-refractivity contribution in [2.75, 3.05) is 5.73 Å². The Hall–Kier alpha value is -2.49. The Bertz CT molecular complexity index is 668. The summed E-state index contributed by atoms with van der Waals surface area (Å²) in [6, 6.07) is 11.9. The van der Waals surface area contributed by atoms with Crippen molar-refractivity contribution in [1.82, 2.24) is 10.2 Å². The van der Waals surface area contributed by atoms with Gasteiger partial charge in [0, 0.05) is 0 Å². The van der Waals surface area contributed by atoms with Gasteiger partial charge in [0.2, 0.25) is 0 Å². The standard InChI is InChI=1S/C14H13N3O/c1-9-4-2-5-10(8-9)12-13(16-17-14(12)15)11-6-3-7-18-11/h2-8H,1H3,(H3,15,16,17). The van der Waals surface area contributed by atoms with Gasteiger partial charge < -0.3 is 10.2 Å². The molecule has 2 heterocycles. The zero-order valence-electron chi connectivity index (χ0n) is 9.97. The number of aromatic nitrogens is 2. The van der Waals surface area contributed by atoms with E-state index in [1.54, 1.807) is 6.26 Å². The molecule has 18 heavy (non-hydrogen) atoms. The minimum absolute atomic E-state index is 0.479. The zero-order valence-corrected chi connectivity index (χ0v) is 9.97. The number of aryl methyl sites for hydroxylation is 1. The molecule has 4 heteroatoms. The minimum Gasteiger partial charge on any atom is -0.463 e. The first-order chi connectivity index (χ1) is 8.75. The van der Waals surface area contributed by atoms with E-state index in [1.807, 2.05) is 37.3 Å². The average molecular weight is 239 g/mol. The van der Waals surface area contributed by atoms with Gasteiger partial charge in [0.25, 0.3) is 0 Å². The maximum absolute atomic E-state index is 5.95. The molecule has 0 aliphatic rings. The molecule has 3 aromatic rings. The predicted octanol–water partition coefficient (Wildman–Crippen LogP) is 3.23. The molecule has 0 fully saturated rings. The molecule has 3 N–H and O–H groups in total. The third-order valence-electron chi connectivity index (χ3n) is 2.87. The number of rotatable bonds is 2. The van der Waals surface area contributed by atoms with E-state index in [4.69, 9.17) is 10.2 Å². The summed E-state index contributed by atoms with van der Waals surface area (Å²) in [7, 11) is 0. The normalized spacial score (nSPS) is 10.7. The summed E-state index contributed by atoms with van der Waals surface area (Å²) >= 11 is 0. The molecule has 2 aromatic heterocycles. The van der Waals surface area contributed by atoms with Crippen molar-refractivity contribution in [3.63, 3.8) is 0 Å². The fourth-order valence-electron chi connectivity index (χ4n) is 2.05. The van der Waals surface area contributed by atoms with Gasteiger partial charge in [0.15, 0.2) is 11.6 Å². The summed E-state index contributed by atoms with van der Waals surface area (Å²) in [5.74, 6) is 1.21. The van der Waals surface area contributed by atoms with Crippen LogP contribution in [0.1, 0.15) is 5.56 Å². The van der Waals surface area contributed by atoms with E-state index in [2.05, 4.69) is 16.3 Å². The topological polar surface area (TPSA) is 67.8 Å². The van der Waals surface area contributed by atoms with Gasteiger partial charge >= 0.3 is 0 Å². The fourth-order valence-corrected chi connectivity index (χ4v) is 2.05. The van der Waals surface area contributed by atoms with Gasteiger partial charge in [-0.3, -0.25) is 5.10 Å². The van der Waals surface area contributed by atoms with Crippen molar-refractivity contribution in [1.29, 1.82) is 0 Å². The quantitative estimate of drug-likeness (QED) is 0.721. The largest absolute Gasteiger partial charge is 0.463 e. The highest BCUT2D eigenvalue weighted by Gasteiger charge is 2.16. The number of nitrogens with two attached hydrogens (primary N) is 1. The molecule has 0 bridgehead atoms. The van der Waals surface area contributed by atoms with Crippen molar-refractivity contribution in [2.45, 2.75) is 6.92 Å². The second kappa shape index (κ2) is 4.07. The third-order valence-corrected chi connectivity index (χ3v) is 2.87. The van der Waals surface area contributed by atoms with E-state index < -0.39 is 0 Å². The maximum atomic E-state index is 5.95. The molecule has 0 saturated heterocycles. The van der Waals surface area contributed by atoms with E-state index in [9.17, 15) is 0 Å². The van der Waals surface area contributed by atoms with E-state index >= 15 is 0 Å². The number of nitrogens with zero attached hydrogens (tertiary/aromatic N) is 1. The summed E-state index contributed by atoms with van der Waals surface area (Å²) < 4.78 is 5.40. The Labute approximate surface area is 104 Å². The van der Waals surface area contributed by atoms with Gasteiger partial charge in [0.1, 0.15) is 5.69 Å². The molecular formula is C14H13N3O. The first kappa shape index (κ1) is 10.7. The lowest BCUT2D eigenvalue weighted by atomic mass is 10.0. The van der Waals surface area contributed by atoms with Crippen LogP contribution in [0.25, 0.3) is 22.6 Å². The Morgan fingerprint density at radius 2 is 2.11 bits per heavy atom. The fraction of sp³-hybridized carbons (Fsp3) is 0.0714. The highest BCUT2D eigenvalue weighted by molar-refractivity contribution is 5.86. The number of hydrogen-bond acceptors (Lipinski definition) is 3. The summed E-state index contributed by atoms with van der Waals surface area (Å²) in [6.07, 6.45) is 1.63. The maximum Gasteiger partial charge on any atom is 0.153 e. The molecule has 90 valence electrons. The van der Waals surface area contributed by atoms with Crippen molar-refractivity contribution in [3.8, 4) is 22.6 Å². The molecule has 0 aliphatic heterocycles. The van der Waals surface area contributed by atoms with Gasteiger partial charge in [0.05, 0.1) is 11.8 Å². The number of aromatic amines is 1. The van der Waals surface area contributed by atoms with Crippen molar-refractivity contribution < 1.29 is 4.42 Å². The molecule has 4 nitrogen and oxygen atoms in total. The number of benzene rings is 1. The Morgan fingerprint density at radius 3 is 2.83 bits per heavy atom. The van der Waals surface area contributed by atoms with Crippen LogP contribution in [-0.4, -0.2) is 10.2 Å². The van der Waals surface area contributed by atoms with Gasteiger partial charge in [-0.15, -0.1) is 0 Å². The van der Waals surface area contributed by atoms with Crippen LogP contribution in [0.4, 0.5) is 5.82 Å². The van der Waals surface area contributed by atoms with E-state index in [-0.39, 0.29) is 0 Å². The Morgan fingerprint density at radius 1 is 1.22 bits per heavy atom. The van der Waals surface area contributed by atoms with E-state index in [1.165, 1.54) is 5.56 Å². The van der Waals surface area contributed by atoms with E-state index in [0.29, 0.717) is 5.82 Å². The lowest BCUT2D eigenvalue weighted by molar-refractivity contribution is 0.580. The lowest BCUT2D eigenvalue weighted by Crippen LogP contribution is -1.88. The molecule has 0 atom stereocenters. The molecule has 3 rings (SSSR count). The highest BCUT2D eigenvalue weighted by Crippen LogP contribution is 2.34. The highest BCUT2D eigenvalue weighted by atomic mass is 16.3. The third kappa shape index (κ3) is 1.68. The lowest BCUT2D eigenvalue weighted by Gasteiger charge is -2.03. The van der Waals surface area contributed by atoms with Gasteiger partial charge in [-0.1, -0.05) is 29.8 Å². The summed E-state index contributed by atoms with van der Waals surface area (Å²) in [5.41, 5.74) is 9.85. The molecule has 0 spiro atoms. The molecular weight excluding hydrogens is 226 g/mol. The van der Waals surface area contributed by atoms with Gasteiger partial charge in [-0.25, -0.2) is 0 Å². The van der Waals surface area contributed by atoms with Gasteiger partial charge in [-0.05, 0) is 24.6 Å². The van der Waals surface area contributed by atoms with Crippen LogP contribution < -0.4 is 5.73 Å². The molecule has 0 amide bonds. The van der Waals surface area contributed by atoms with Crippen LogP contribution in [0.5, 0.6) is 0 Å². The van der Waals surface area contributed by atoms with Gasteiger partial charge in [-0.2, -0.15) is 5.10 Å². The first-order valence-corrected chi connectivity index (χ1v) is 5.70. The molecule has 0 radical (unpaired) electrons. The number of anilines is 1. The number of furan rings is 1. The van der Waals surface area contributed by atoms with Crippen molar-refractivity contribution in [3.05, 3.63) is 48.2 Å². The van der Waals surface area contributed by atoms with Crippen LogP contribution in [0, 0.1) is 6.92 Å². The Balaban J connectivity index is 2.20. The van der Waals surface area contributed by atoms with Crippen LogP contribution in [0.2, 0.25) is 0 Å². The molecule has 0 unspecified atom stereocenters. The van der Waals surface area contributed by atoms with Crippen LogP contribution in [0.3, 0.4) is 0 Å². The predicted molar refractivity (Wildman–Crippen MR) is 70.9 cm³/mol. The van der Waals surface area contributed by atoms with E-state index in [0.717, 1.165) is 22.6 Å². The number of nitrogen functional groups attached to an aromatic ring is 1. The SMILES string of the molecule is Cc1cccc(-c2c(N)n[nH]c2-c2ccco2)c1. The molecule has 1 aromatic carbocycles. The monoisotopic (exact) mass is 239 g/mol. The average Bonchev–Trinajstić information content (AvgIpc) is 2.97. The minimum atomic E-state index is 0.479. The van der Waals surface area contributed by atoms with Crippen LogP contribution >= 0.6 is 0 Å². The summed E-state index contributed by atoms with van der Waals surface area (Å²) in [5, 5.41) is 7.00. The second-order valence-electron chi connectivity index (χ2n) is 4.21. The smallest absolute Gasteiger partial charge is 0.153 e. The number of H-pyrrole nitrogens is 1. The van der Waals surface area contributed by atoms with Crippen molar-refractivity contribution >= 4 is 5.82 Å². The first-order valence-electron chi connectivity index (χ1n) is 5.70. The zero-order chi connectivity index (χ0) is 12.5. The summed E-state index contributed by atoms with van der Waals surface area (Å²) in [6.45, 7) is 2.05. The number of hydrogen-bond donors (Lipinski definition) is 2. The van der Waals surface area contributed by atoms with Crippen LogP contribution in [-0.2, 0) is 0 Å². The van der Waals surface area contributed by atoms with Crippen LogP contribution in [0.15, 0.2) is 47.1 Å². The van der Waals surface area contributed by atoms with Crippen molar-refractivity contribution in [2.24, 2.45) is 0 Å². The second-order valence-corrected chi connectivity index (χ2v) is 4.21. The molecule has 0 aliphatic carbocycles. The number of nitrogens with one attached hydrogen (secondary N) is 1.